The lowest BCUT2D eigenvalue weighted by Crippen LogP contribution is -2.42. The third-order valence-electron chi connectivity index (χ3n) is 2.98. The van der Waals surface area contributed by atoms with Gasteiger partial charge in [0.2, 0.25) is 11.0 Å². The molecular weight excluding hydrogens is 270 g/mol. The van der Waals surface area contributed by atoms with Gasteiger partial charge in [-0.25, -0.2) is 13.6 Å². The van der Waals surface area contributed by atoms with Crippen LogP contribution in [0.5, 0.6) is 0 Å². The first-order chi connectivity index (χ1) is 8.97. The maximum atomic E-state index is 11.7. The van der Waals surface area contributed by atoms with Crippen molar-refractivity contribution in [3.8, 4) is 0 Å². The summed E-state index contributed by atoms with van der Waals surface area (Å²) in [5, 5.41) is 10.5. The number of nitrogens with one attached hydrogen (secondary N) is 2. The second-order valence-electron chi connectivity index (χ2n) is 4.49. The minimum Gasteiger partial charge on any atom is -0.447 e. The van der Waals surface area contributed by atoms with Gasteiger partial charge in [0.1, 0.15) is 5.76 Å². The van der Waals surface area contributed by atoms with Gasteiger partial charge in [0.25, 0.3) is 10.0 Å². The molecular formula is C11H17N3O4S. The van der Waals surface area contributed by atoms with Crippen LogP contribution in [0.2, 0.25) is 0 Å². The highest BCUT2D eigenvalue weighted by Crippen LogP contribution is 2.13. The zero-order valence-corrected chi connectivity index (χ0v) is 11.2. The number of carbonyl (C=O) groups is 1. The Morgan fingerprint density at radius 3 is 2.89 bits per heavy atom. The van der Waals surface area contributed by atoms with Crippen molar-refractivity contribution < 1.29 is 17.6 Å². The Balaban J connectivity index is 1.94. The van der Waals surface area contributed by atoms with Crippen LogP contribution in [-0.4, -0.2) is 26.9 Å². The maximum Gasteiger partial charge on any atom is 0.271 e. The molecule has 8 heteroatoms. The Hall–Kier alpha value is -1.38. The van der Waals surface area contributed by atoms with E-state index < -0.39 is 10.0 Å². The third kappa shape index (κ3) is 3.79. The van der Waals surface area contributed by atoms with E-state index in [2.05, 4.69) is 10.6 Å². The van der Waals surface area contributed by atoms with Crippen molar-refractivity contribution in [3.63, 3.8) is 0 Å². The number of primary sulfonamides is 1. The van der Waals surface area contributed by atoms with Gasteiger partial charge in [-0.15, -0.1) is 0 Å². The highest BCUT2D eigenvalue weighted by atomic mass is 32.2. The summed E-state index contributed by atoms with van der Waals surface area (Å²) >= 11 is 0. The van der Waals surface area contributed by atoms with Gasteiger partial charge in [-0.05, 0) is 31.4 Å². The van der Waals surface area contributed by atoms with E-state index in [-0.39, 0.29) is 23.6 Å². The van der Waals surface area contributed by atoms with E-state index >= 15 is 0 Å². The van der Waals surface area contributed by atoms with E-state index in [0.717, 1.165) is 19.3 Å². The molecule has 1 fully saturated rings. The molecule has 0 radical (unpaired) electrons. The summed E-state index contributed by atoms with van der Waals surface area (Å²) in [6, 6.07) is 2.56. The Morgan fingerprint density at radius 1 is 1.42 bits per heavy atom. The van der Waals surface area contributed by atoms with Crippen LogP contribution in [0.25, 0.3) is 0 Å². The molecule has 1 amide bonds. The van der Waals surface area contributed by atoms with E-state index in [1.807, 2.05) is 0 Å². The summed E-state index contributed by atoms with van der Waals surface area (Å²) in [5.74, 6) is 0.400. The molecule has 1 unspecified atom stereocenters. The largest absolute Gasteiger partial charge is 0.447 e. The molecule has 4 N–H and O–H groups in total. The van der Waals surface area contributed by atoms with Crippen LogP contribution in [-0.2, 0) is 21.4 Å². The number of hydrogen-bond acceptors (Lipinski definition) is 5. The number of furan rings is 1. The van der Waals surface area contributed by atoms with Crippen molar-refractivity contribution in [1.82, 2.24) is 10.6 Å². The molecule has 2 rings (SSSR count). The lowest BCUT2D eigenvalue weighted by molar-refractivity contribution is -0.122. The molecule has 0 aliphatic carbocycles. The molecule has 1 aromatic heterocycles. The molecule has 1 aromatic rings. The SMILES string of the molecule is NS(=O)(=O)c1ccc(CNC2CCCCNC2=O)o1. The summed E-state index contributed by atoms with van der Waals surface area (Å²) in [6.45, 7) is 0.987. The van der Waals surface area contributed by atoms with Gasteiger partial charge in [-0.2, -0.15) is 0 Å². The van der Waals surface area contributed by atoms with Crippen molar-refractivity contribution in [2.75, 3.05) is 6.54 Å². The highest BCUT2D eigenvalue weighted by molar-refractivity contribution is 7.89. The Labute approximate surface area is 111 Å². The molecule has 7 nitrogen and oxygen atoms in total. The average molecular weight is 287 g/mol. The van der Waals surface area contributed by atoms with Crippen molar-refractivity contribution in [1.29, 1.82) is 0 Å². The number of carbonyl (C=O) groups excluding carboxylic acids is 1. The van der Waals surface area contributed by atoms with Crippen molar-refractivity contribution in [3.05, 3.63) is 17.9 Å². The normalized spacial score (nSPS) is 20.9. The molecule has 1 atom stereocenters. The fourth-order valence-electron chi connectivity index (χ4n) is 1.96. The zero-order valence-electron chi connectivity index (χ0n) is 10.4. The highest BCUT2D eigenvalue weighted by Gasteiger charge is 2.20. The first-order valence-corrected chi connectivity index (χ1v) is 7.64. The van der Waals surface area contributed by atoms with Crippen LogP contribution in [0.15, 0.2) is 21.6 Å². The summed E-state index contributed by atoms with van der Waals surface area (Å²) in [7, 11) is -3.82. The quantitative estimate of drug-likeness (QED) is 0.702. The predicted molar refractivity (Wildman–Crippen MR) is 67.6 cm³/mol. The second kappa shape index (κ2) is 5.72. The van der Waals surface area contributed by atoms with Gasteiger partial charge >= 0.3 is 0 Å². The van der Waals surface area contributed by atoms with E-state index in [0.29, 0.717) is 12.3 Å². The summed E-state index contributed by atoms with van der Waals surface area (Å²) < 4.78 is 27.2. The van der Waals surface area contributed by atoms with Crippen LogP contribution >= 0.6 is 0 Å². The van der Waals surface area contributed by atoms with E-state index in [9.17, 15) is 13.2 Å². The maximum absolute atomic E-state index is 11.7. The van der Waals surface area contributed by atoms with Crippen LogP contribution in [0, 0.1) is 0 Å². The van der Waals surface area contributed by atoms with Gasteiger partial charge in [-0.3, -0.25) is 10.1 Å². The summed E-state index contributed by atoms with van der Waals surface area (Å²) in [6.07, 6.45) is 2.70. The number of hydrogen-bond donors (Lipinski definition) is 3. The zero-order chi connectivity index (χ0) is 13.9. The molecule has 1 aliphatic rings. The van der Waals surface area contributed by atoms with Crippen LogP contribution in [0.4, 0.5) is 0 Å². The molecule has 0 aromatic carbocycles. The first-order valence-electron chi connectivity index (χ1n) is 6.09. The molecule has 106 valence electrons. The van der Waals surface area contributed by atoms with Crippen LogP contribution in [0.3, 0.4) is 0 Å². The molecule has 0 saturated carbocycles. The van der Waals surface area contributed by atoms with Crippen LogP contribution < -0.4 is 15.8 Å². The van der Waals surface area contributed by atoms with Gasteiger partial charge in [0.15, 0.2) is 0 Å². The van der Waals surface area contributed by atoms with Gasteiger partial charge < -0.3 is 9.73 Å². The predicted octanol–water partition coefficient (Wildman–Crippen LogP) is -0.315. The smallest absolute Gasteiger partial charge is 0.271 e. The first kappa shape index (κ1) is 14.0. The summed E-state index contributed by atoms with van der Waals surface area (Å²) in [5.41, 5.74) is 0. The number of nitrogens with two attached hydrogens (primary N) is 1. The van der Waals surface area contributed by atoms with Crippen LogP contribution in [0.1, 0.15) is 25.0 Å². The Morgan fingerprint density at radius 2 is 2.21 bits per heavy atom. The molecule has 1 aliphatic heterocycles. The molecule has 2 heterocycles. The number of amides is 1. The van der Waals surface area contributed by atoms with Gasteiger partial charge in [0, 0.05) is 6.54 Å². The van der Waals surface area contributed by atoms with Crippen molar-refractivity contribution in [2.24, 2.45) is 5.14 Å². The average Bonchev–Trinajstić information content (AvgIpc) is 2.72. The monoisotopic (exact) mass is 287 g/mol. The minimum atomic E-state index is -3.82. The van der Waals surface area contributed by atoms with E-state index in [1.165, 1.54) is 12.1 Å². The lowest BCUT2D eigenvalue weighted by Gasteiger charge is -2.13. The Kier molecular flexibility index (Phi) is 4.23. The number of rotatable bonds is 4. The van der Waals surface area contributed by atoms with Crippen molar-refractivity contribution in [2.45, 2.75) is 36.9 Å². The third-order valence-corrected chi connectivity index (χ3v) is 3.76. The minimum absolute atomic E-state index is 0.0317. The Bertz CT molecular complexity index is 552. The fourth-order valence-corrected chi connectivity index (χ4v) is 2.44. The molecule has 1 saturated heterocycles. The van der Waals surface area contributed by atoms with Gasteiger partial charge in [-0.1, -0.05) is 0 Å². The topological polar surface area (TPSA) is 114 Å². The van der Waals surface area contributed by atoms with Crippen molar-refractivity contribution >= 4 is 15.9 Å². The standard InChI is InChI=1S/C11H17N3O4S/c12-19(16,17)10-5-4-8(18-10)7-14-9-3-1-2-6-13-11(9)15/h4-5,9,14H,1-3,6-7H2,(H,13,15)(H2,12,16,17). The van der Waals surface area contributed by atoms with E-state index in [4.69, 9.17) is 9.56 Å². The summed E-state index contributed by atoms with van der Waals surface area (Å²) in [4.78, 5) is 11.7. The number of sulfonamides is 1. The molecule has 0 spiro atoms. The molecule has 19 heavy (non-hydrogen) atoms. The second-order valence-corrected chi connectivity index (χ2v) is 5.98. The lowest BCUT2D eigenvalue weighted by atomic mass is 10.1. The molecule has 0 bridgehead atoms. The van der Waals surface area contributed by atoms with Gasteiger partial charge in [0.05, 0.1) is 12.6 Å². The van der Waals surface area contributed by atoms with E-state index in [1.54, 1.807) is 0 Å². The fraction of sp³-hybridized carbons (Fsp3) is 0.545.